The lowest BCUT2D eigenvalue weighted by molar-refractivity contribution is -0.0335. The van der Waals surface area contributed by atoms with Crippen molar-refractivity contribution in [3.05, 3.63) is 54.0 Å². The van der Waals surface area contributed by atoms with Crippen LogP contribution in [0.3, 0.4) is 0 Å². The minimum absolute atomic E-state index is 0.105. The maximum absolute atomic E-state index is 6.08. The van der Waals surface area contributed by atoms with Gasteiger partial charge in [-0.05, 0) is 13.3 Å². The molecule has 2 aliphatic rings. The Morgan fingerprint density at radius 3 is 2.92 bits per heavy atom. The molecule has 5 rings (SSSR count). The number of piperidine rings is 1. The normalized spacial score (nSPS) is 22.0. The molecule has 0 spiro atoms. The number of aromatic nitrogens is 5. The largest absolute Gasteiger partial charge is 0.368 e. The van der Waals surface area contributed by atoms with Crippen LogP contribution in [0.1, 0.15) is 23.9 Å². The van der Waals surface area contributed by atoms with Crippen molar-refractivity contribution in [1.82, 2.24) is 25.0 Å². The van der Waals surface area contributed by atoms with Crippen LogP contribution in [0.15, 0.2) is 42.6 Å². The van der Waals surface area contributed by atoms with E-state index < -0.39 is 0 Å². The van der Waals surface area contributed by atoms with Gasteiger partial charge in [-0.15, -0.1) is 5.10 Å². The number of benzene rings is 1. The fourth-order valence-electron chi connectivity index (χ4n) is 3.83. The minimum Gasteiger partial charge on any atom is -0.368 e. The average molecular weight is 348 g/mol. The molecular weight excluding hydrogens is 328 g/mol. The van der Waals surface area contributed by atoms with Gasteiger partial charge in [0.2, 0.25) is 0 Å². The molecule has 0 unspecified atom stereocenters. The molecule has 1 aromatic carbocycles. The van der Waals surface area contributed by atoms with Crippen molar-refractivity contribution in [1.29, 1.82) is 0 Å². The van der Waals surface area contributed by atoms with Crippen LogP contribution in [0.2, 0.25) is 0 Å². The van der Waals surface area contributed by atoms with Crippen molar-refractivity contribution in [2.45, 2.75) is 32.1 Å². The Bertz CT molecular complexity index is 925. The molecule has 2 aliphatic heterocycles. The van der Waals surface area contributed by atoms with Gasteiger partial charge in [-0.3, -0.25) is 0 Å². The molecule has 0 radical (unpaired) electrons. The molecule has 1 fully saturated rings. The van der Waals surface area contributed by atoms with Gasteiger partial charge in [0.1, 0.15) is 5.82 Å². The number of hydrogen-bond acceptors (Lipinski definition) is 6. The standard InChI is InChI=1S/C19H20N6O/c1-13-9-18(22-19(21-13)14-5-3-2-4-6-14)24-8-7-16-17(11-24)26-12-15-10-20-23-25(15)16/h2-6,9-10,16-17H,7-8,11-12H2,1H3/t16-,17-/m0/s1. The Hall–Kier alpha value is -2.80. The monoisotopic (exact) mass is 348 g/mol. The molecule has 7 heteroatoms. The van der Waals surface area contributed by atoms with Gasteiger partial charge < -0.3 is 9.64 Å². The third kappa shape index (κ3) is 2.64. The molecule has 7 nitrogen and oxygen atoms in total. The fraction of sp³-hybridized carbons (Fsp3) is 0.368. The van der Waals surface area contributed by atoms with E-state index >= 15 is 0 Å². The van der Waals surface area contributed by atoms with Crippen LogP contribution in [-0.2, 0) is 11.3 Å². The molecule has 4 heterocycles. The van der Waals surface area contributed by atoms with E-state index in [1.807, 2.05) is 41.9 Å². The maximum atomic E-state index is 6.08. The van der Waals surface area contributed by atoms with Crippen LogP contribution in [-0.4, -0.2) is 44.2 Å². The Morgan fingerprint density at radius 2 is 2.04 bits per heavy atom. The zero-order chi connectivity index (χ0) is 17.5. The first-order valence-corrected chi connectivity index (χ1v) is 8.94. The molecule has 2 aromatic heterocycles. The number of hydrogen-bond donors (Lipinski definition) is 0. The van der Waals surface area contributed by atoms with Gasteiger partial charge in [-0.25, -0.2) is 14.6 Å². The third-order valence-electron chi connectivity index (χ3n) is 5.13. The van der Waals surface area contributed by atoms with Gasteiger partial charge in [0, 0.05) is 30.4 Å². The molecule has 3 aromatic rings. The number of rotatable bonds is 2. The number of anilines is 1. The first kappa shape index (κ1) is 15.5. The smallest absolute Gasteiger partial charge is 0.161 e. The fourth-order valence-corrected chi connectivity index (χ4v) is 3.83. The van der Waals surface area contributed by atoms with Crippen molar-refractivity contribution in [3.63, 3.8) is 0 Å². The SMILES string of the molecule is Cc1cc(N2CC[C@H]3[C@H](C2)OCc2cnnn23)nc(-c2ccccc2)n1. The Balaban J connectivity index is 1.42. The number of fused-ring (bicyclic) bond motifs is 3. The summed E-state index contributed by atoms with van der Waals surface area (Å²) < 4.78 is 8.11. The highest BCUT2D eigenvalue weighted by atomic mass is 16.5. The van der Waals surface area contributed by atoms with Gasteiger partial charge in [0.15, 0.2) is 5.82 Å². The van der Waals surface area contributed by atoms with Gasteiger partial charge in [0.25, 0.3) is 0 Å². The lowest BCUT2D eigenvalue weighted by Crippen LogP contribution is -2.48. The summed E-state index contributed by atoms with van der Waals surface area (Å²) in [6.07, 6.45) is 2.86. The first-order valence-electron chi connectivity index (χ1n) is 8.94. The van der Waals surface area contributed by atoms with Crippen molar-refractivity contribution in [3.8, 4) is 11.4 Å². The molecule has 2 atom stereocenters. The number of nitrogens with zero attached hydrogens (tertiary/aromatic N) is 6. The molecule has 0 saturated carbocycles. The van der Waals surface area contributed by atoms with Gasteiger partial charge in [-0.2, -0.15) is 0 Å². The predicted molar refractivity (Wildman–Crippen MR) is 96.7 cm³/mol. The highest BCUT2D eigenvalue weighted by molar-refractivity contribution is 5.58. The molecule has 0 aliphatic carbocycles. The highest BCUT2D eigenvalue weighted by Gasteiger charge is 2.36. The summed E-state index contributed by atoms with van der Waals surface area (Å²) in [5.74, 6) is 1.73. The van der Waals surface area contributed by atoms with Crippen molar-refractivity contribution >= 4 is 5.82 Å². The second kappa shape index (κ2) is 6.17. The Labute approximate surface area is 151 Å². The molecule has 1 saturated heterocycles. The molecule has 0 N–H and O–H groups in total. The Kier molecular flexibility index (Phi) is 3.67. The summed E-state index contributed by atoms with van der Waals surface area (Å²) in [6, 6.07) is 12.4. The van der Waals surface area contributed by atoms with Crippen molar-refractivity contribution < 1.29 is 4.74 Å². The van der Waals surface area contributed by atoms with Crippen LogP contribution in [0, 0.1) is 6.92 Å². The third-order valence-corrected chi connectivity index (χ3v) is 5.13. The average Bonchev–Trinajstić information content (AvgIpc) is 3.17. The van der Waals surface area contributed by atoms with E-state index in [1.165, 1.54) is 0 Å². The van der Waals surface area contributed by atoms with Gasteiger partial charge >= 0.3 is 0 Å². The molecule has 0 amide bonds. The molecule has 0 bridgehead atoms. The second-order valence-electron chi connectivity index (χ2n) is 6.88. The van der Waals surface area contributed by atoms with E-state index in [9.17, 15) is 0 Å². The van der Waals surface area contributed by atoms with E-state index in [2.05, 4.69) is 26.3 Å². The van der Waals surface area contributed by atoms with Gasteiger partial charge in [0.05, 0.1) is 30.6 Å². The van der Waals surface area contributed by atoms with Crippen molar-refractivity contribution in [2.24, 2.45) is 0 Å². The van der Waals surface area contributed by atoms with Crippen LogP contribution < -0.4 is 4.90 Å². The zero-order valence-corrected chi connectivity index (χ0v) is 14.6. The first-order chi connectivity index (χ1) is 12.8. The topological polar surface area (TPSA) is 69.0 Å². The zero-order valence-electron chi connectivity index (χ0n) is 14.6. The highest BCUT2D eigenvalue weighted by Crippen LogP contribution is 2.32. The van der Waals surface area contributed by atoms with E-state index in [-0.39, 0.29) is 12.1 Å². The lowest BCUT2D eigenvalue weighted by atomic mass is 10.00. The Morgan fingerprint density at radius 1 is 1.15 bits per heavy atom. The van der Waals surface area contributed by atoms with Crippen LogP contribution in [0.5, 0.6) is 0 Å². The number of ether oxygens (including phenoxy) is 1. The maximum Gasteiger partial charge on any atom is 0.161 e. The molecule has 132 valence electrons. The lowest BCUT2D eigenvalue weighted by Gasteiger charge is -2.41. The second-order valence-corrected chi connectivity index (χ2v) is 6.88. The van der Waals surface area contributed by atoms with Crippen LogP contribution >= 0.6 is 0 Å². The van der Waals surface area contributed by atoms with E-state index in [0.717, 1.165) is 48.1 Å². The van der Waals surface area contributed by atoms with E-state index in [0.29, 0.717) is 6.61 Å². The van der Waals surface area contributed by atoms with Crippen molar-refractivity contribution in [2.75, 3.05) is 18.0 Å². The van der Waals surface area contributed by atoms with Crippen LogP contribution in [0.25, 0.3) is 11.4 Å². The van der Waals surface area contributed by atoms with Crippen LogP contribution in [0.4, 0.5) is 5.82 Å². The molecule has 26 heavy (non-hydrogen) atoms. The summed E-state index contributed by atoms with van der Waals surface area (Å²) in [7, 11) is 0. The van der Waals surface area contributed by atoms with E-state index in [4.69, 9.17) is 9.72 Å². The minimum atomic E-state index is 0.105. The van der Waals surface area contributed by atoms with Gasteiger partial charge in [-0.1, -0.05) is 35.5 Å². The summed E-state index contributed by atoms with van der Waals surface area (Å²) in [4.78, 5) is 11.7. The van der Waals surface area contributed by atoms with E-state index in [1.54, 1.807) is 6.20 Å². The summed E-state index contributed by atoms with van der Waals surface area (Å²) in [5.41, 5.74) is 3.07. The summed E-state index contributed by atoms with van der Waals surface area (Å²) in [5, 5.41) is 8.28. The predicted octanol–water partition coefficient (Wildman–Crippen LogP) is 2.39. The summed E-state index contributed by atoms with van der Waals surface area (Å²) >= 11 is 0. The molecular formula is C19H20N6O. The quantitative estimate of drug-likeness (QED) is 0.708. The summed E-state index contributed by atoms with van der Waals surface area (Å²) in [6.45, 7) is 4.30. The number of aryl methyl sites for hydroxylation is 1.